The molecule has 2 aromatic heterocycles. The molecule has 0 radical (unpaired) electrons. The molecule has 0 aliphatic rings. The minimum Gasteiger partial charge on any atom is -0.265 e. The zero-order chi connectivity index (χ0) is 11.5. The SMILES string of the molecule is Brc1cc(C(Br)Cc2ccncc2)c(Br)s1. The van der Waals surface area contributed by atoms with Gasteiger partial charge in [0.1, 0.15) is 0 Å². The molecule has 0 spiro atoms. The van der Waals surface area contributed by atoms with Gasteiger partial charge in [-0.2, -0.15) is 0 Å². The number of aromatic nitrogens is 1. The average Bonchev–Trinajstić information content (AvgIpc) is 2.59. The van der Waals surface area contributed by atoms with Gasteiger partial charge in [0.05, 0.1) is 7.57 Å². The van der Waals surface area contributed by atoms with Gasteiger partial charge in [-0.3, -0.25) is 4.98 Å². The normalized spacial score (nSPS) is 12.7. The van der Waals surface area contributed by atoms with Crippen molar-refractivity contribution in [2.75, 3.05) is 0 Å². The highest BCUT2D eigenvalue weighted by atomic mass is 79.9. The van der Waals surface area contributed by atoms with Crippen molar-refractivity contribution in [1.82, 2.24) is 4.98 Å². The van der Waals surface area contributed by atoms with Crippen molar-refractivity contribution < 1.29 is 0 Å². The summed E-state index contributed by atoms with van der Waals surface area (Å²) in [7, 11) is 0. The van der Waals surface area contributed by atoms with Gasteiger partial charge in [-0.25, -0.2) is 0 Å². The predicted octanol–water partition coefficient (Wildman–Crippen LogP) is 5.35. The second-order valence-electron chi connectivity index (χ2n) is 3.31. The highest BCUT2D eigenvalue weighted by Crippen LogP contribution is 2.39. The second kappa shape index (κ2) is 5.76. The largest absolute Gasteiger partial charge is 0.265 e. The van der Waals surface area contributed by atoms with Gasteiger partial charge in [-0.05, 0) is 67.6 Å². The molecule has 1 unspecified atom stereocenters. The smallest absolute Gasteiger partial charge is 0.0753 e. The number of rotatable bonds is 3. The Morgan fingerprint density at radius 3 is 2.50 bits per heavy atom. The lowest BCUT2D eigenvalue weighted by Crippen LogP contribution is -1.94. The molecular formula is C11H8Br3NS. The van der Waals surface area contributed by atoms with Crippen LogP contribution in [0.2, 0.25) is 0 Å². The second-order valence-corrected chi connectivity index (χ2v) is 8.16. The van der Waals surface area contributed by atoms with Gasteiger partial charge in [0.15, 0.2) is 0 Å². The lowest BCUT2D eigenvalue weighted by molar-refractivity contribution is 0.945. The summed E-state index contributed by atoms with van der Waals surface area (Å²) in [5, 5.41) is 0. The average molecular weight is 426 g/mol. The number of thiophene rings is 1. The van der Waals surface area contributed by atoms with Gasteiger partial charge in [-0.15, -0.1) is 11.3 Å². The minimum absolute atomic E-state index is 0.326. The summed E-state index contributed by atoms with van der Waals surface area (Å²) in [5.74, 6) is 0. The van der Waals surface area contributed by atoms with Crippen LogP contribution in [-0.2, 0) is 6.42 Å². The van der Waals surface area contributed by atoms with Crippen LogP contribution in [0.1, 0.15) is 16.0 Å². The van der Waals surface area contributed by atoms with Crippen molar-refractivity contribution in [2.45, 2.75) is 11.2 Å². The van der Waals surface area contributed by atoms with E-state index < -0.39 is 0 Å². The Morgan fingerprint density at radius 2 is 1.94 bits per heavy atom. The third kappa shape index (κ3) is 3.15. The Bertz CT molecular complexity index is 469. The molecule has 0 aliphatic heterocycles. The number of hydrogen-bond donors (Lipinski definition) is 0. The summed E-state index contributed by atoms with van der Waals surface area (Å²) in [6.45, 7) is 0. The molecule has 5 heteroatoms. The van der Waals surface area contributed by atoms with Crippen LogP contribution in [0.15, 0.2) is 38.2 Å². The van der Waals surface area contributed by atoms with Crippen LogP contribution in [-0.4, -0.2) is 4.98 Å². The summed E-state index contributed by atoms with van der Waals surface area (Å²) in [4.78, 5) is 4.34. The summed E-state index contributed by atoms with van der Waals surface area (Å²) in [5.41, 5.74) is 2.57. The van der Waals surface area contributed by atoms with E-state index in [2.05, 4.69) is 58.8 Å². The fraction of sp³-hybridized carbons (Fsp3) is 0.182. The summed E-state index contributed by atoms with van der Waals surface area (Å²) < 4.78 is 2.32. The quantitative estimate of drug-likeness (QED) is 0.604. The molecule has 1 atom stereocenters. The molecule has 2 heterocycles. The zero-order valence-corrected chi connectivity index (χ0v) is 13.7. The molecule has 0 saturated carbocycles. The minimum atomic E-state index is 0.326. The molecule has 2 aromatic rings. The maximum Gasteiger partial charge on any atom is 0.0753 e. The van der Waals surface area contributed by atoms with Crippen LogP contribution in [0.4, 0.5) is 0 Å². The van der Waals surface area contributed by atoms with E-state index in [-0.39, 0.29) is 0 Å². The van der Waals surface area contributed by atoms with E-state index in [0.717, 1.165) is 10.2 Å². The van der Waals surface area contributed by atoms with E-state index in [9.17, 15) is 0 Å². The monoisotopic (exact) mass is 423 g/mol. The highest BCUT2D eigenvalue weighted by molar-refractivity contribution is 9.12. The fourth-order valence-electron chi connectivity index (χ4n) is 1.40. The molecule has 0 amide bonds. The first-order valence-electron chi connectivity index (χ1n) is 4.64. The number of hydrogen-bond acceptors (Lipinski definition) is 2. The Labute approximate surface area is 124 Å². The third-order valence-electron chi connectivity index (χ3n) is 2.18. The van der Waals surface area contributed by atoms with Gasteiger partial charge in [0.2, 0.25) is 0 Å². The van der Waals surface area contributed by atoms with Gasteiger partial charge in [0.25, 0.3) is 0 Å². The van der Waals surface area contributed by atoms with E-state index in [4.69, 9.17) is 0 Å². The first-order valence-corrected chi connectivity index (χ1v) is 7.96. The van der Waals surface area contributed by atoms with E-state index >= 15 is 0 Å². The van der Waals surface area contributed by atoms with Crippen LogP contribution in [0.25, 0.3) is 0 Å². The van der Waals surface area contributed by atoms with E-state index in [1.54, 1.807) is 11.3 Å². The standard InChI is InChI=1S/C11H8Br3NS/c12-9(5-7-1-3-15-4-2-7)8-6-10(13)16-11(8)14/h1-4,6,9H,5H2. The first kappa shape index (κ1) is 12.7. The lowest BCUT2D eigenvalue weighted by Gasteiger charge is -2.08. The molecule has 0 N–H and O–H groups in total. The number of alkyl halides is 1. The van der Waals surface area contributed by atoms with Crippen molar-refractivity contribution in [3.63, 3.8) is 0 Å². The summed E-state index contributed by atoms with van der Waals surface area (Å²) in [6, 6.07) is 6.24. The van der Waals surface area contributed by atoms with Crippen molar-refractivity contribution in [1.29, 1.82) is 0 Å². The van der Waals surface area contributed by atoms with Gasteiger partial charge in [-0.1, -0.05) is 15.9 Å². The zero-order valence-electron chi connectivity index (χ0n) is 8.16. The first-order chi connectivity index (χ1) is 7.66. The van der Waals surface area contributed by atoms with Crippen molar-refractivity contribution >= 4 is 59.1 Å². The molecule has 0 bridgehead atoms. The Morgan fingerprint density at radius 1 is 1.25 bits per heavy atom. The molecular weight excluding hydrogens is 418 g/mol. The van der Waals surface area contributed by atoms with Crippen molar-refractivity contribution in [3.05, 3.63) is 49.3 Å². The molecule has 16 heavy (non-hydrogen) atoms. The molecule has 0 saturated heterocycles. The van der Waals surface area contributed by atoms with Crippen LogP contribution in [0.3, 0.4) is 0 Å². The number of halogens is 3. The Balaban J connectivity index is 2.14. The van der Waals surface area contributed by atoms with Gasteiger partial charge in [0, 0.05) is 17.2 Å². The van der Waals surface area contributed by atoms with Gasteiger partial charge >= 0.3 is 0 Å². The van der Waals surface area contributed by atoms with Crippen molar-refractivity contribution in [2.24, 2.45) is 0 Å². The lowest BCUT2D eigenvalue weighted by atomic mass is 10.1. The van der Waals surface area contributed by atoms with Crippen molar-refractivity contribution in [3.8, 4) is 0 Å². The summed E-state index contributed by atoms with van der Waals surface area (Å²) in [6.07, 6.45) is 4.62. The molecule has 0 aliphatic carbocycles. The van der Waals surface area contributed by atoms with Crippen LogP contribution < -0.4 is 0 Å². The van der Waals surface area contributed by atoms with Crippen LogP contribution in [0, 0.1) is 0 Å². The molecule has 0 aromatic carbocycles. The van der Waals surface area contributed by atoms with E-state index in [1.165, 1.54) is 14.9 Å². The molecule has 1 nitrogen and oxygen atoms in total. The topological polar surface area (TPSA) is 12.9 Å². The summed E-state index contributed by atoms with van der Waals surface area (Å²) >= 11 is 12.5. The van der Waals surface area contributed by atoms with E-state index in [1.807, 2.05) is 24.5 Å². The number of nitrogens with zero attached hydrogens (tertiary/aromatic N) is 1. The van der Waals surface area contributed by atoms with Gasteiger partial charge < -0.3 is 0 Å². The van der Waals surface area contributed by atoms with E-state index in [0.29, 0.717) is 4.83 Å². The third-order valence-corrected chi connectivity index (χ3v) is 5.39. The predicted molar refractivity (Wildman–Crippen MR) is 79.3 cm³/mol. The number of pyridine rings is 1. The Hall–Kier alpha value is 0.290. The molecule has 84 valence electrons. The van der Waals surface area contributed by atoms with Crippen LogP contribution in [0.5, 0.6) is 0 Å². The highest BCUT2D eigenvalue weighted by Gasteiger charge is 2.14. The maximum absolute atomic E-state index is 4.02. The van der Waals surface area contributed by atoms with Crippen LogP contribution >= 0.6 is 59.1 Å². The Kier molecular flexibility index (Phi) is 4.58. The molecule has 2 rings (SSSR count). The maximum atomic E-state index is 4.02. The molecule has 0 fully saturated rings. The fourth-order valence-corrected chi connectivity index (χ4v) is 5.57.